The number of para-hydroxylation sites is 2. The third kappa shape index (κ3) is 4.23. The summed E-state index contributed by atoms with van der Waals surface area (Å²) < 4.78 is 12.6. The monoisotopic (exact) mass is 441 g/mol. The molecule has 0 bridgehead atoms. The van der Waals surface area contributed by atoms with Crippen molar-refractivity contribution in [3.63, 3.8) is 0 Å². The van der Waals surface area contributed by atoms with E-state index in [1.165, 1.54) is 0 Å². The summed E-state index contributed by atoms with van der Waals surface area (Å²) in [5.41, 5.74) is 2.25. The Labute approximate surface area is 185 Å². The summed E-state index contributed by atoms with van der Waals surface area (Å²) in [7, 11) is 1.56. The summed E-state index contributed by atoms with van der Waals surface area (Å²) in [5, 5.41) is 0.524. The predicted octanol–water partition coefficient (Wildman–Crippen LogP) is 4.17. The minimum Gasteiger partial charge on any atom is -0.495 e. The lowest BCUT2D eigenvalue weighted by Gasteiger charge is -2.20. The second-order valence-corrected chi connectivity index (χ2v) is 8.24. The largest absolute Gasteiger partial charge is 0.495 e. The number of imidazole rings is 1. The lowest BCUT2D eigenvalue weighted by molar-refractivity contribution is -0.148. The number of hydrogen-bond donors (Lipinski definition) is 0. The number of carbonyl (C=O) groups is 2. The molecule has 3 aromatic rings. The highest BCUT2D eigenvalue weighted by atomic mass is 35.5. The number of anilines is 1. The smallest absolute Gasteiger partial charge is 0.326 e. The quantitative estimate of drug-likeness (QED) is 0.537. The minimum absolute atomic E-state index is 0.0409. The maximum Gasteiger partial charge on any atom is 0.326 e. The number of benzene rings is 2. The molecule has 2 aromatic carbocycles. The highest BCUT2D eigenvalue weighted by molar-refractivity contribution is 6.31. The van der Waals surface area contributed by atoms with Crippen LogP contribution < -0.4 is 9.64 Å². The van der Waals surface area contributed by atoms with E-state index >= 15 is 0 Å². The van der Waals surface area contributed by atoms with E-state index in [1.54, 1.807) is 30.2 Å². The molecule has 0 radical (unpaired) electrons. The number of fused-ring (bicyclic) bond motifs is 1. The maximum absolute atomic E-state index is 12.9. The molecule has 7 nitrogen and oxygen atoms in total. The Hall–Kier alpha value is -3.06. The lowest BCUT2D eigenvalue weighted by atomic mass is 10.1. The van der Waals surface area contributed by atoms with E-state index in [1.807, 2.05) is 42.7 Å². The first kappa shape index (κ1) is 21.2. The number of amides is 1. The van der Waals surface area contributed by atoms with Gasteiger partial charge in [0, 0.05) is 23.9 Å². The average Bonchev–Trinajstić information content (AvgIpc) is 3.28. The summed E-state index contributed by atoms with van der Waals surface area (Å²) >= 11 is 6.17. The van der Waals surface area contributed by atoms with Crippen LogP contribution in [0.5, 0.6) is 5.75 Å². The van der Waals surface area contributed by atoms with Crippen LogP contribution in [0.15, 0.2) is 42.5 Å². The molecule has 0 spiro atoms. The second kappa shape index (κ2) is 8.59. The summed E-state index contributed by atoms with van der Waals surface area (Å²) in [4.78, 5) is 31.8. The van der Waals surface area contributed by atoms with Gasteiger partial charge in [0.05, 0.1) is 29.9 Å². The van der Waals surface area contributed by atoms with Gasteiger partial charge in [-0.1, -0.05) is 23.7 Å². The van der Waals surface area contributed by atoms with Gasteiger partial charge in [-0.2, -0.15) is 0 Å². The number of rotatable bonds is 6. The molecule has 0 unspecified atom stereocenters. The molecule has 162 valence electrons. The molecule has 2 heterocycles. The second-order valence-electron chi connectivity index (χ2n) is 7.81. The van der Waals surface area contributed by atoms with Crippen LogP contribution in [0.2, 0.25) is 5.02 Å². The van der Waals surface area contributed by atoms with Gasteiger partial charge in [0.15, 0.2) is 0 Å². The maximum atomic E-state index is 12.9. The minimum atomic E-state index is -0.336. The summed E-state index contributed by atoms with van der Waals surface area (Å²) in [6.45, 7) is 4.09. The molecule has 0 aliphatic carbocycles. The standard InChI is InChI=1S/C23H24ClN3O4/c1-14(2)31-22(29)13-27-18-7-5-4-6-17(18)25-23(27)15-10-21(28)26(12-15)19-11-16(24)8-9-20(19)30-3/h4-9,11,14-15H,10,12-13H2,1-3H3/t15-/m0/s1. The fourth-order valence-corrected chi connectivity index (χ4v) is 4.16. The summed E-state index contributed by atoms with van der Waals surface area (Å²) in [5.74, 6) is 0.702. The SMILES string of the molecule is COc1ccc(Cl)cc1N1C[C@@H](c2nc3ccccc3n2CC(=O)OC(C)C)CC1=O. The molecule has 0 N–H and O–H groups in total. The van der Waals surface area contributed by atoms with Gasteiger partial charge in [-0.3, -0.25) is 9.59 Å². The molecule has 31 heavy (non-hydrogen) atoms. The van der Waals surface area contributed by atoms with Crippen molar-refractivity contribution >= 4 is 40.2 Å². The number of nitrogens with zero attached hydrogens (tertiary/aromatic N) is 3. The molecule has 8 heteroatoms. The van der Waals surface area contributed by atoms with Gasteiger partial charge < -0.3 is 18.9 Å². The van der Waals surface area contributed by atoms with Crippen LogP contribution in [-0.4, -0.2) is 41.2 Å². The first-order valence-electron chi connectivity index (χ1n) is 10.2. The third-order valence-corrected chi connectivity index (χ3v) is 5.50. The van der Waals surface area contributed by atoms with Crippen LogP contribution in [0.25, 0.3) is 11.0 Å². The Kier molecular flexibility index (Phi) is 5.87. The van der Waals surface area contributed by atoms with E-state index < -0.39 is 0 Å². The van der Waals surface area contributed by atoms with Crippen LogP contribution in [0.4, 0.5) is 5.69 Å². The predicted molar refractivity (Wildman–Crippen MR) is 119 cm³/mol. The zero-order valence-corrected chi connectivity index (χ0v) is 18.4. The van der Waals surface area contributed by atoms with Crippen molar-refractivity contribution in [2.75, 3.05) is 18.6 Å². The van der Waals surface area contributed by atoms with E-state index in [9.17, 15) is 9.59 Å². The molecule has 0 saturated carbocycles. The van der Waals surface area contributed by atoms with Crippen LogP contribution in [0.1, 0.15) is 32.0 Å². The van der Waals surface area contributed by atoms with Gasteiger partial charge in [-0.25, -0.2) is 4.98 Å². The Morgan fingerprint density at radius 2 is 2.03 bits per heavy atom. The molecular formula is C23H24ClN3O4. The Morgan fingerprint density at radius 3 is 2.77 bits per heavy atom. The van der Waals surface area contributed by atoms with Crippen LogP contribution in [0, 0.1) is 0 Å². The van der Waals surface area contributed by atoms with Gasteiger partial charge in [-0.15, -0.1) is 0 Å². The van der Waals surface area contributed by atoms with E-state index in [2.05, 4.69) is 0 Å². The number of hydrogen-bond acceptors (Lipinski definition) is 5. The number of ether oxygens (including phenoxy) is 2. The molecule has 4 rings (SSSR count). The Balaban J connectivity index is 1.69. The zero-order chi connectivity index (χ0) is 22.1. The molecule has 1 amide bonds. The van der Waals surface area contributed by atoms with Gasteiger partial charge in [0.25, 0.3) is 0 Å². The number of esters is 1. The molecule has 1 aromatic heterocycles. The van der Waals surface area contributed by atoms with Crippen molar-refractivity contribution < 1.29 is 19.1 Å². The van der Waals surface area contributed by atoms with Gasteiger partial charge in [0.1, 0.15) is 18.1 Å². The van der Waals surface area contributed by atoms with Crippen molar-refractivity contribution in [1.29, 1.82) is 0 Å². The summed E-state index contributed by atoms with van der Waals surface area (Å²) in [6.07, 6.45) is 0.0719. The van der Waals surface area contributed by atoms with E-state index in [4.69, 9.17) is 26.1 Å². The molecule has 1 atom stereocenters. The fraction of sp³-hybridized carbons (Fsp3) is 0.348. The first-order valence-corrected chi connectivity index (χ1v) is 10.5. The molecule has 1 saturated heterocycles. The van der Waals surface area contributed by atoms with Gasteiger partial charge in [-0.05, 0) is 44.2 Å². The van der Waals surface area contributed by atoms with E-state index in [0.29, 0.717) is 28.8 Å². The van der Waals surface area contributed by atoms with E-state index in [0.717, 1.165) is 11.0 Å². The molecular weight excluding hydrogens is 418 g/mol. The van der Waals surface area contributed by atoms with Crippen molar-refractivity contribution in [2.24, 2.45) is 0 Å². The normalized spacial score (nSPS) is 16.4. The number of aromatic nitrogens is 2. The Bertz CT molecular complexity index is 1140. The average molecular weight is 442 g/mol. The molecule has 1 aliphatic rings. The summed E-state index contributed by atoms with van der Waals surface area (Å²) in [6, 6.07) is 12.8. The number of methoxy groups -OCH3 is 1. The first-order chi connectivity index (χ1) is 14.9. The topological polar surface area (TPSA) is 73.7 Å². The van der Waals surface area contributed by atoms with Gasteiger partial charge >= 0.3 is 5.97 Å². The highest BCUT2D eigenvalue weighted by Gasteiger charge is 2.36. The number of carbonyl (C=O) groups excluding carboxylic acids is 2. The molecule has 1 fully saturated rings. The van der Waals surface area contributed by atoms with Crippen LogP contribution >= 0.6 is 11.6 Å². The highest BCUT2D eigenvalue weighted by Crippen LogP contribution is 2.38. The Morgan fingerprint density at radius 1 is 1.26 bits per heavy atom. The number of halogens is 1. The van der Waals surface area contributed by atoms with Crippen LogP contribution in [-0.2, 0) is 20.9 Å². The van der Waals surface area contributed by atoms with Crippen LogP contribution in [0.3, 0.4) is 0 Å². The van der Waals surface area contributed by atoms with Crippen molar-refractivity contribution in [2.45, 2.75) is 38.8 Å². The zero-order valence-electron chi connectivity index (χ0n) is 17.7. The molecule has 1 aliphatic heterocycles. The van der Waals surface area contributed by atoms with E-state index in [-0.39, 0.29) is 36.9 Å². The van der Waals surface area contributed by atoms with Crippen molar-refractivity contribution in [1.82, 2.24) is 9.55 Å². The third-order valence-electron chi connectivity index (χ3n) is 5.26. The van der Waals surface area contributed by atoms with Gasteiger partial charge in [0.2, 0.25) is 5.91 Å². The fourth-order valence-electron chi connectivity index (χ4n) is 3.99. The van der Waals surface area contributed by atoms with Crippen molar-refractivity contribution in [3.8, 4) is 5.75 Å². The lowest BCUT2D eigenvalue weighted by Crippen LogP contribution is -2.25. The van der Waals surface area contributed by atoms with Crippen molar-refractivity contribution in [3.05, 3.63) is 53.3 Å².